The molecular formula is C19H21ClN4O6S. The summed E-state index contributed by atoms with van der Waals surface area (Å²) in [6.07, 6.45) is 0. The van der Waals surface area contributed by atoms with Crippen LogP contribution in [-0.2, 0) is 16.0 Å². The van der Waals surface area contributed by atoms with E-state index in [0.717, 1.165) is 4.88 Å². The third-order valence-electron chi connectivity index (χ3n) is 4.32. The third kappa shape index (κ3) is 5.70. The summed E-state index contributed by atoms with van der Waals surface area (Å²) in [5.41, 5.74) is 0.359. The number of nitrogens with zero attached hydrogens (tertiary/aromatic N) is 4. The topological polar surface area (TPSA) is 120 Å². The maximum Gasteiger partial charge on any atom is 0.356 e. The highest BCUT2D eigenvalue weighted by Gasteiger charge is 2.24. The van der Waals surface area contributed by atoms with Crippen LogP contribution < -0.4 is 0 Å². The molecule has 12 heteroatoms. The van der Waals surface area contributed by atoms with Crippen LogP contribution >= 0.6 is 22.9 Å². The molecule has 166 valence electrons. The monoisotopic (exact) mass is 468 g/mol. The summed E-state index contributed by atoms with van der Waals surface area (Å²) < 4.78 is 17.4. The van der Waals surface area contributed by atoms with Crippen LogP contribution in [0.3, 0.4) is 0 Å². The number of carboxylic acid groups (broad SMARTS) is 1. The number of carbonyl (C=O) groups is 2. The number of aromatic carboxylic acids is 1. The second-order valence-corrected chi connectivity index (χ2v) is 8.16. The van der Waals surface area contributed by atoms with E-state index in [2.05, 4.69) is 10.3 Å². The summed E-state index contributed by atoms with van der Waals surface area (Å²) in [7, 11) is 3.07. The van der Waals surface area contributed by atoms with Gasteiger partial charge >= 0.3 is 5.97 Å². The maximum absolute atomic E-state index is 13.1. The van der Waals surface area contributed by atoms with E-state index >= 15 is 0 Å². The van der Waals surface area contributed by atoms with Gasteiger partial charge < -0.3 is 24.0 Å². The van der Waals surface area contributed by atoms with Gasteiger partial charge in [-0.3, -0.25) is 9.48 Å². The van der Waals surface area contributed by atoms with E-state index in [4.69, 9.17) is 25.6 Å². The molecule has 3 aromatic heterocycles. The fourth-order valence-electron chi connectivity index (χ4n) is 2.80. The number of ether oxygens (including phenoxy) is 2. The highest BCUT2D eigenvalue weighted by atomic mass is 35.5. The van der Waals surface area contributed by atoms with Gasteiger partial charge in [0.2, 0.25) is 0 Å². The van der Waals surface area contributed by atoms with Gasteiger partial charge in [-0.15, -0.1) is 11.3 Å². The summed E-state index contributed by atoms with van der Waals surface area (Å²) in [5.74, 6) is -1.10. The van der Waals surface area contributed by atoms with Gasteiger partial charge in [0.1, 0.15) is 11.4 Å². The van der Waals surface area contributed by atoms with E-state index in [-0.39, 0.29) is 23.8 Å². The van der Waals surface area contributed by atoms with Crippen LogP contribution in [0.25, 0.3) is 10.6 Å². The number of aromatic nitrogens is 3. The van der Waals surface area contributed by atoms with Crippen molar-refractivity contribution in [3.8, 4) is 10.6 Å². The Bertz CT molecular complexity index is 1040. The molecule has 3 heterocycles. The minimum atomic E-state index is -1.23. The molecule has 0 atom stereocenters. The third-order valence-corrected chi connectivity index (χ3v) is 5.57. The fourth-order valence-corrected chi connectivity index (χ4v) is 3.79. The number of rotatable bonds is 11. The van der Waals surface area contributed by atoms with Crippen molar-refractivity contribution in [2.24, 2.45) is 0 Å². The standard InChI is InChI=1S/C19H21ClN4O6S/c1-28-7-5-23(6-8-29-2)18(25)14-10-13(19(26)27)21-24(14)11-12-9-15(30-22-12)16-3-4-17(20)31-16/h3-4,9-10H,5-8,11H2,1-2H3,(H,26,27). The average Bonchev–Trinajstić information content (AvgIpc) is 3.48. The van der Waals surface area contributed by atoms with Crippen LogP contribution in [0.1, 0.15) is 26.7 Å². The van der Waals surface area contributed by atoms with E-state index < -0.39 is 5.97 Å². The summed E-state index contributed by atoms with van der Waals surface area (Å²) in [6, 6.07) is 6.51. The lowest BCUT2D eigenvalue weighted by Crippen LogP contribution is -2.37. The molecule has 1 N–H and O–H groups in total. The molecule has 0 saturated heterocycles. The number of carboxylic acids is 1. The van der Waals surface area contributed by atoms with Gasteiger partial charge in [0.05, 0.1) is 29.0 Å². The number of hydrogen-bond donors (Lipinski definition) is 1. The molecule has 0 saturated carbocycles. The van der Waals surface area contributed by atoms with E-state index in [0.29, 0.717) is 42.1 Å². The normalized spacial score (nSPS) is 11.1. The Morgan fingerprint density at radius 3 is 2.52 bits per heavy atom. The molecule has 0 aliphatic carbocycles. The number of amides is 1. The Labute approximate surface area is 186 Å². The first-order valence-electron chi connectivity index (χ1n) is 9.22. The highest BCUT2D eigenvalue weighted by molar-refractivity contribution is 7.19. The predicted octanol–water partition coefficient (Wildman–Crippen LogP) is 2.73. The van der Waals surface area contributed by atoms with Crippen molar-refractivity contribution in [3.63, 3.8) is 0 Å². The SMILES string of the molecule is COCCN(CCOC)C(=O)c1cc(C(=O)O)nn1Cc1cc(-c2ccc(Cl)s2)on1. The van der Waals surface area contributed by atoms with Crippen molar-refractivity contribution in [1.82, 2.24) is 19.8 Å². The lowest BCUT2D eigenvalue weighted by molar-refractivity contribution is 0.0615. The molecule has 10 nitrogen and oxygen atoms in total. The average molecular weight is 469 g/mol. The lowest BCUT2D eigenvalue weighted by Gasteiger charge is -2.22. The van der Waals surface area contributed by atoms with Crippen molar-refractivity contribution >= 4 is 34.8 Å². The van der Waals surface area contributed by atoms with E-state index in [9.17, 15) is 14.7 Å². The van der Waals surface area contributed by atoms with Gasteiger partial charge in [-0.2, -0.15) is 5.10 Å². The molecule has 0 radical (unpaired) electrons. The van der Waals surface area contributed by atoms with E-state index in [1.54, 1.807) is 12.1 Å². The van der Waals surface area contributed by atoms with Crippen LogP contribution in [-0.4, -0.2) is 77.3 Å². The van der Waals surface area contributed by atoms with Crippen LogP contribution in [0.4, 0.5) is 0 Å². The zero-order valence-electron chi connectivity index (χ0n) is 16.9. The molecule has 1 amide bonds. The van der Waals surface area contributed by atoms with Gasteiger partial charge in [0, 0.05) is 39.4 Å². The summed E-state index contributed by atoms with van der Waals surface area (Å²) in [4.78, 5) is 26.9. The first-order valence-corrected chi connectivity index (χ1v) is 10.4. The summed E-state index contributed by atoms with van der Waals surface area (Å²) in [6.45, 7) is 1.34. The van der Waals surface area contributed by atoms with Crippen LogP contribution in [0.5, 0.6) is 0 Å². The van der Waals surface area contributed by atoms with Crippen molar-refractivity contribution in [2.75, 3.05) is 40.5 Å². The van der Waals surface area contributed by atoms with Crippen molar-refractivity contribution in [3.05, 3.63) is 45.7 Å². The Balaban J connectivity index is 1.87. The molecule has 3 rings (SSSR count). The molecule has 0 aromatic carbocycles. The lowest BCUT2D eigenvalue weighted by atomic mass is 10.3. The zero-order chi connectivity index (χ0) is 22.4. The largest absolute Gasteiger partial charge is 0.476 e. The van der Waals surface area contributed by atoms with Crippen LogP contribution in [0.2, 0.25) is 4.34 Å². The highest BCUT2D eigenvalue weighted by Crippen LogP contribution is 2.31. The van der Waals surface area contributed by atoms with Crippen LogP contribution in [0.15, 0.2) is 28.8 Å². The molecule has 0 aliphatic rings. The van der Waals surface area contributed by atoms with E-state index in [1.807, 2.05) is 6.07 Å². The second kappa shape index (κ2) is 10.5. The summed E-state index contributed by atoms with van der Waals surface area (Å²) >= 11 is 7.31. The second-order valence-electron chi connectivity index (χ2n) is 6.44. The van der Waals surface area contributed by atoms with Crippen LogP contribution in [0, 0.1) is 0 Å². The van der Waals surface area contributed by atoms with Gasteiger partial charge in [0.15, 0.2) is 11.5 Å². The van der Waals surface area contributed by atoms with Gasteiger partial charge in [0.25, 0.3) is 5.91 Å². The van der Waals surface area contributed by atoms with Crippen molar-refractivity contribution in [1.29, 1.82) is 0 Å². The minimum absolute atomic E-state index is 0.0549. The maximum atomic E-state index is 13.1. The zero-order valence-corrected chi connectivity index (χ0v) is 18.5. The van der Waals surface area contributed by atoms with Crippen molar-refractivity contribution in [2.45, 2.75) is 6.54 Å². The number of hydrogen-bond acceptors (Lipinski definition) is 8. The molecular weight excluding hydrogens is 448 g/mol. The predicted molar refractivity (Wildman–Crippen MR) is 113 cm³/mol. The summed E-state index contributed by atoms with van der Waals surface area (Å²) in [5, 5.41) is 17.4. The molecule has 3 aromatic rings. The molecule has 0 fully saturated rings. The molecule has 31 heavy (non-hydrogen) atoms. The Morgan fingerprint density at radius 2 is 1.94 bits per heavy atom. The molecule has 0 unspecified atom stereocenters. The van der Waals surface area contributed by atoms with Gasteiger partial charge in [-0.1, -0.05) is 16.8 Å². The smallest absolute Gasteiger partial charge is 0.356 e. The molecule has 0 aliphatic heterocycles. The van der Waals surface area contributed by atoms with Gasteiger partial charge in [-0.05, 0) is 12.1 Å². The minimum Gasteiger partial charge on any atom is -0.476 e. The quantitative estimate of drug-likeness (QED) is 0.456. The first kappa shape index (κ1) is 22.9. The Kier molecular flexibility index (Phi) is 7.80. The Morgan fingerprint density at radius 1 is 1.23 bits per heavy atom. The van der Waals surface area contributed by atoms with Crippen molar-refractivity contribution < 1.29 is 28.7 Å². The molecule has 0 bridgehead atoms. The first-order chi connectivity index (χ1) is 14.9. The number of methoxy groups -OCH3 is 2. The Hall–Kier alpha value is -2.73. The number of thiophene rings is 1. The number of carbonyl (C=O) groups excluding carboxylic acids is 1. The van der Waals surface area contributed by atoms with E-state index in [1.165, 1.54) is 41.2 Å². The fraction of sp³-hybridized carbons (Fsp3) is 0.368. The number of halogens is 1. The van der Waals surface area contributed by atoms with Gasteiger partial charge in [-0.25, -0.2) is 4.79 Å². The molecule has 0 spiro atoms.